The Balaban J connectivity index is 1.92. The van der Waals surface area contributed by atoms with Gasteiger partial charge in [0.1, 0.15) is 10.6 Å². The summed E-state index contributed by atoms with van der Waals surface area (Å²) in [5.74, 6) is 0. The summed E-state index contributed by atoms with van der Waals surface area (Å²) in [6.07, 6.45) is 6.01. The van der Waals surface area contributed by atoms with E-state index >= 15 is 0 Å². The zero-order valence-electron chi connectivity index (χ0n) is 11.3. The van der Waals surface area contributed by atoms with Crippen LogP contribution in [0.2, 0.25) is 0 Å². The van der Waals surface area contributed by atoms with Crippen LogP contribution in [0.5, 0.6) is 0 Å². The van der Waals surface area contributed by atoms with Crippen molar-refractivity contribution in [2.24, 2.45) is 0 Å². The van der Waals surface area contributed by atoms with Crippen LogP contribution in [0.1, 0.15) is 37.1 Å². The fourth-order valence-electron chi connectivity index (χ4n) is 2.85. The van der Waals surface area contributed by atoms with Crippen LogP contribution < -0.4 is 0 Å². The average molecular weight is 273 g/mol. The normalized spacial score (nSPS) is 18.4. The number of ether oxygens (including phenoxy) is 1. The lowest BCUT2D eigenvalue weighted by molar-refractivity contribution is -0.0445. The second-order valence-electron chi connectivity index (χ2n) is 5.16. The second-order valence-corrected chi connectivity index (χ2v) is 6.02. The zero-order chi connectivity index (χ0) is 13.1. The molecule has 0 atom stereocenters. The molecule has 1 fully saturated rings. The van der Waals surface area contributed by atoms with Crippen LogP contribution in [0.4, 0.5) is 0 Å². The first-order chi connectivity index (χ1) is 9.34. The van der Waals surface area contributed by atoms with Gasteiger partial charge in [-0.2, -0.15) is 0 Å². The first-order valence-corrected chi connectivity index (χ1v) is 7.79. The first kappa shape index (κ1) is 12.8. The summed E-state index contributed by atoms with van der Waals surface area (Å²) in [6.45, 7) is 0. The highest BCUT2D eigenvalue weighted by atomic mass is 32.1. The molecule has 3 rings (SSSR count). The molecule has 0 saturated heterocycles. The number of aromatic nitrogens is 1. The highest BCUT2D eigenvalue weighted by molar-refractivity contribution is 7.10. The first-order valence-electron chi connectivity index (χ1n) is 6.91. The molecule has 0 N–H and O–H groups in total. The van der Waals surface area contributed by atoms with Crippen molar-refractivity contribution < 1.29 is 4.74 Å². The minimum Gasteiger partial charge on any atom is -0.371 e. The van der Waals surface area contributed by atoms with Gasteiger partial charge in [-0.15, -0.1) is 11.3 Å². The van der Waals surface area contributed by atoms with E-state index < -0.39 is 0 Å². The van der Waals surface area contributed by atoms with Gasteiger partial charge in [0.25, 0.3) is 0 Å². The van der Waals surface area contributed by atoms with Gasteiger partial charge in [0, 0.05) is 18.1 Å². The van der Waals surface area contributed by atoms with Crippen molar-refractivity contribution in [3.05, 3.63) is 40.7 Å². The largest absolute Gasteiger partial charge is 0.371 e. The summed E-state index contributed by atoms with van der Waals surface area (Å²) in [5.41, 5.74) is 2.13. The average Bonchev–Trinajstić information content (AvgIpc) is 2.99. The number of nitrogens with zero attached hydrogens (tertiary/aromatic N) is 1. The third-order valence-corrected chi connectivity index (χ3v) is 5.04. The molecule has 1 heterocycles. The summed E-state index contributed by atoms with van der Waals surface area (Å²) in [5, 5.41) is 3.30. The molecule has 0 bridgehead atoms. The molecular formula is C16H19NOS. The maximum Gasteiger partial charge on any atom is 0.125 e. The van der Waals surface area contributed by atoms with E-state index in [1.54, 1.807) is 11.3 Å². The highest BCUT2D eigenvalue weighted by Gasteiger charge is 2.36. The van der Waals surface area contributed by atoms with E-state index in [1.807, 2.05) is 13.2 Å². The molecule has 2 nitrogen and oxygen atoms in total. The Bertz CT molecular complexity index is 529. The maximum absolute atomic E-state index is 5.86. The molecule has 0 amide bonds. The van der Waals surface area contributed by atoms with Crippen molar-refractivity contribution in [3.8, 4) is 11.3 Å². The smallest absolute Gasteiger partial charge is 0.125 e. The van der Waals surface area contributed by atoms with Crippen molar-refractivity contribution in [1.82, 2.24) is 4.98 Å². The Labute approximate surface area is 118 Å². The fourth-order valence-corrected chi connectivity index (χ4v) is 3.92. The topological polar surface area (TPSA) is 22.1 Å². The molecule has 1 aliphatic carbocycles. The van der Waals surface area contributed by atoms with Gasteiger partial charge in [0.2, 0.25) is 0 Å². The second kappa shape index (κ2) is 5.43. The number of methoxy groups -OCH3 is 1. The van der Waals surface area contributed by atoms with Crippen LogP contribution in [0.15, 0.2) is 35.7 Å². The number of rotatable bonds is 3. The summed E-state index contributed by atoms with van der Waals surface area (Å²) < 4.78 is 5.86. The molecule has 3 heteroatoms. The van der Waals surface area contributed by atoms with Crippen molar-refractivity contribution >= 4 is 11.3 Å². The molecule has 2 aromatic rings. The lowest BCUT2D eigenvalue weighted by Gasteiger charge is -2.34. The van der Waals surface area contributed by atoms with E-state index in [4.69, 9.17) is 9.72 Å². The van der Waals surface area contributed by atoms with Crippen molar-refractivity contribution in [2.75, 3.05) is 7.11 Å². The third-order valence-electron chi connectivity index (χ3n) is 4.02. The van der Waals surface area contributed by atoms with Crippen molar-refractivity contribution in [2.45, 2.75) is 37.7 Å². The Morgan fingerprint density at radius 1 is 1.11 bits per heavy atom. The third kappa shape index (κ3) is 2.45. The summed E-state index contributed by atoms with van der Waals surface area (Å²) in [7, 11) is 1.83. The quantitative estimate of drug-likeness (QED) is 0.814. The van der Waals surface area contributed by atoms with Crippen molar-refractivity contribution in [1.29, 1.82) is 0 Å². The molecule has 0 spiro atoms. The SMILES string of the molecule is COC1(c2nc(-c3ccccc3)cs2)CCCCC1. The minimum atomic E-state index is -0.129. The van der Waals surface area contributed by atoms with E-state index in [1.165, 1.54) is 24.8 Å². The zero-order valence-corrected chi connectivity index (χ0v) is 12.1. The van der Waals surface area contributed by atoms with E-state index in [0.29, 0.717) is 0 Å². The molecule has 1 aromatic heterocycles. The van der Waals surface area contributed by atoms with Gasteiger partial charge < -0.3 is 4.74 Å². The molecule has 1 aliphatic rings. The molecule has 0 aliphatic heterocycles. The van der Waals surface area contributed by atoms with Gasteiger partial charge in [0.15, 0.2) is 0 Å². The molecule has 100 valence electrons. The molecular weight excluding hydrogens is 254 g/mol. The lowest BCUT2D eigenvalue weighted by Crippen LogP contribution is -2.30. The number of hydrogen-bond donors (Lipinski definition) is 0. The van der Waals surface area contributed by atoms with Gasteiger partial charge >= 0.3 is 0 Å². The van der Waals surface area contributed by atoms with E-state index in [2.05, 4.69) is 29.6 Å². The summed E-state index contributed by atoms with van der Waals surface area (Å²) >= 11 is 1.74. The number of benzene rings is 1. The Kier molecular flexibility index (Phi) is 3.67. The predicted molar refractivity (Wildman–Crippen MR) is 79.3 cm³/mol. The number of thiazole rings is 1. The lowest BCUT2D eigenvalue weighted by atomic mass is 9.85. The van der Waals surface area contributed by atoms with Gasteiger partial charge in [0.05, 0.1) is 5.69 Å². The van der Waals surface area contributed by atoms with Crippen LogP contribution in [0.3, 0.4) is 0 Å². The van der Waals surface area contributed by atoms with E-state index in [-0.39, 0.29) is 5.60 Å². The van der Waals surface area contributed by atoms with Gasteiger partial charge in [-0.05, 0) is 12.8 Å². The van der Waals surface area contributed by atoms with Crippen LogP contribution in [-0.2, 0) is 10.3 Å². The van der Waals surface area contributed by atoms with Gasteiger partial charge in [-0.25, -0.2) is 4.98 Å². The van der Waals surface area contributed by atoms with Gasteiger partial charge in [-0.3, -0.25) is 0 Å². The van der Waals surface area contributed by atoms with Crippen LogP contribution in [0.25, 0.3) is 11.3 Å². The molecule has 19 heavy (non-hydrogen) atoms. The molecule has 1 aromatic carbocycles. The van der Waals surface area contributed by atoms with Crippen LogP contribution >= 0.6 is 11.3 Å². The predicted octanol–water partition coefficient (Wildman–Crippen LogP) is 4.62. The maximum atomic E-state index is 5.86. The minimum absolute atomic E-state index is 0.129. The highest BCUT2D eigenvalue weighted by Crippen LogP contribution is 2.42. The standard InChI is InChI=1S/C16H19NOS/c1-18-16(10-6-3-7-11-16)15-17-14(12-19-15)13-8-4-2-5-9-13/h2,4-5,8-9,12H,3,6-7,10-11H2,1H3. The van der Waals surface area contributed by atoms with Crippen molar-refractivity contribution in [3.63, 3.8) is 0 Å². The van der Waals surface area contributed by atoms with E-state index in [9.17, 15) is 0 Å². The molecule has 0 radical (unpaired) electrons. The Hall–Kier alpha value is -1.19. The monoisotopic (exact) mass is 273 g/mol. The summed E-state index contributed by atoms with van der Waals surface area (Å²) in [4.78, 5) is 4.84. The van der Waals surface area contributed by atoms with Crippen LogP contribution in [-0.4, -0.2) is 12.1 Å². The molecule has 1 saturated carbocycles. The van der Waals surface area contributed by atoms with Crippen LogP contribution in [0, 0.1) is 0 Å². The van der Waals surface area contributed by atoms with Gasteiger partial charge in [-0.1, -0.05) is 49.6 Å². The fraction of sp³-hybridized carbons (Fsp3) is 0.438. The molecule has 0 unspecified atom stereocenters. The Morgan fingerprint density at radius 2 is 1.84 bits per heavy atom. The Morgan fingerprint density at radius 3 is 2.53 bits per heavy atom. The number of hydrogen-bond acceptors (Lipinski definition) is 3. The van der Waals surface area contributed by atoms with E-state index in [0.717, 1.165) is 23.5 Å². The summed E-state index contributed by atoms with van der Waals surface area (Å²) in [6, 6.07) is 10.4.